The monoisotopic (exact) mass is 838 g/mol. The molecule has 336 valence electrons. The second kappa shape index (κ2) is 20.0. The Morgan fingerprint density at radius 2 is 1.02 bits per heavy atom. The lowest BCUT2D eigenvalue weighted by Crippen LogP contribution is -2.26. The molecular weight excluding hydrogens is 763 g/mol. The van der Waals surface area contributed by atoms with Crippen LogP contribution in [0.1, 0.15) is 242 Å². The van der Waals surface area contributed by atoms with Crippen LogP contribution in [-0.2, 0) is 28.7 Å². The molecule has 1 amide bonds. The van der Waals surface area contributed by atoms with E-state index in [0.29, 0.717) is 42.4 Å². The summed E-state index contributed by atoms with van der Waals surface area (Å²) >= 11 is 0. The second-order valence-electron chi connectivity index (χ2n) is 21.5. The third kappa shape index (κ3) is 14.2. The van der Waals surface area contributed by atoms with Crippen molar-refractivity contribution in [1.82, 2.24) is 10.3 Å². The van der Waals surface area contributed by atoms with Gasteiger partial charge >= 0.3 is 17.9 Å². The van der Waals surface area contributed by atoms with Crippen molar-refractivity contribution >= 4 is 23.8 Å². The van der Waals surface area contributed by atoms with Crippen molar-refractivity contribution < 1.29 is 42.8 Å². The first kappa shape index (κ1) is 47.4. The number of carboxylic acid groups (broad SMARTS) is 1. The highest BCUT2D eigenvalue weighted by Crippen LogP contribution is 2.54. The molecule has 2 aromatic rings. The third-order valence-corrected chi connectivity index (χ3v) is 12.2. The Morgan fingerprint density at radius 3 is 1.32 bits per heavy atom. The molecule has 0 unspecified atom stereocenters. The number of hydrogen-bond acceptors (Lipinski definition) is 10. The number of hydrogen-bond donors (Lipinski definition) is 2. The first-order valence-electron chi connectivity index (χ1n) is 23.0. The summed E-state index contributed by atoms with van der Waals surface area (Å²) in [6.07, 6.45) is 13.0. The number of amides is 1. The van der Waals surface area contributed by atoms with Crippen molar-refractivity contribution in [2.24, 2.45) is 29.4 Å². The molecule has 6 rings (SSSR count). The van der Waals surface area contributed by atoms with Crippen LogP contribution in [0.4, 0.5) is 0 Å². The quantitative estimate of drug-likeness (QED) is 0.121. The first-order chi connectivity index (χ1) is 28.1. The molecular formula is C48H75N3O9. The Bertz CT molecular complexity index is 1630. The molecule has 0 bridgehead atoms. The van der Waals surface area contributed by atoms with Crippen LogP contribution in [0.25, 0.3) is 0 Å². The first-order valence-corrected chi connectivity index (χ1v) is 23.0. The normalized spacial score (nSPS) is 22.6. The van der Waals surface area contributed by atoms with Gasteiger partial charge in [-0.2, -0.15) is 0 Å². The lowest BCUT2D eigenvalue weighted by Gasteiger charge is -2.35. The lowest BCUT2D eigenvalue weighted by atomic mass is 9.69. The molecule has 60 heavy (non-hydrogen) atoms. The van der Waals surface area contributed by atoms with Crippen LogP contribution in [0.15, 0.2) is 9.05 Å². The van der Waals surface area contributed by atoms with Gasteiger partial charge in [0.2, 0.25) is 5.91 Å². The molecule has 4 aliphatic carbocycles. The van der Waals surface area contributed by atoms with Gasteiger partial charge in [0.25, 0.3) is 0 Å². The van der Waals surface area contributed by atoms with E-state index < -0.39 is 17.2 Å². The summed E-state index contributed by atoms with van der Waals surface area (Å²) in [4.78, 5) is 47.7. The largest absolute Gasteiger partial charge is 0.481 e. The van der Waals surface area contributed by atoms with Crippen LogP contribution >= 0.6 is 0 Å². The van der Waals surface area contributed by atoms with Gasteiger partial charge in [0.15, 0.2) is 0 Å². The molecule has 4 aliphatic rings. The summed E-state index contributed by atoms with van der Waals surface area (Å²) in [5.41, 5.74) is 8.32. The van der Waals surface area contributed by atoms with Gasteiger partial charge in [0, 0.05) is 47.6 Å². The number of esters is 2. The zero-order valence-electron chi connectivity index (χ0n) is 38.3. The van der Waals surface area contributed by atoms with E-state index in [1.807, 2.05) is 41.5 Å². The van der Waals surface area contributed by atoms with Crippen molar-refractivity contribution in [3.63, 3.8) is 0 Å². The molecule has 4 saturated carbocycles. The van der Waals surface area contributed by atoms with Crippen LogP contribution in [0.2, 0.25) is 0 Å². The summed E-state index contributed by atoms with van der Waals surface area (Å²) in [7, 11) is 0. The van der Waals surface area contributed by atoms with Gasteiger partial charge in [-0.25, -0.2) is 0 Å². The van der Waals surface area contributed by atoms with Crippen LogP contribution in [0.5, 0.6) is 0 Å². The Hall–Kier alpha value is -3.70. The van der Waals surface area contributed by atoms with Gasteiger partial charge in [-0.15, -0.1) is 0 Å². The zero-order chi connectivity index (χ0) is 44.1. The lowest BCUT2D eigenvalue weighted by molar-refractivity contribution is -0.156. The molecule has 4 fully saturated rings. The van der Waals surface area contributed by atoms with E-state index in [9.17, 15) is 24.3 Å². The maximum absolute atomic E-state index is 12.5. The minimum absolute atomic E-state index is 0.000342. The number of carbonyl (C=O) groups is 4. The summed E-state index contributed by atoms with van der Waals surface area (Å²) < 4.78 is 22.8. The Morgan fingerprint density at radius 1 is 0.650 bits per heavy atom. The molecule has 0 radical (unpaired) electrons. The molecule has 2 aromatic heterocycles. The topological polar surface area (TPSA) is 185 Å². The third-order valence-electron chi connectivity index (χ3n) is 12.2. The summed E-state index contributed by atoms with van der Waals surface area (Å²) in [5.74, 6) is 4.42. The van der Waals surface area contributed by atoms with E-state index in [-0.39, 0.29) is 55.4 Å². The van der Waals surface area contributed by atoms with Gasteiger partial charge < -0.3 is 29.4 Å². The highest BCUT2D eigenvalue weighted by Gasteiger charge is 2.43. The van der Waals surface area contributed by atoms with E-state index >= 15 is 0 Å². The number of nitrogens with two attached hydrogens (primary N) is 1. The van der Waals surface area contributed by atoms with E-state index in [1.54, 1.807) is 0 Å². The summed E-state index contributed by atoms with van der Waals surface area (Å²) in [6.45, 7) is 20.2. The number of aliphatic carboxylic acids is 1. The molecule has 0 aromatic carbocycles. The van der Waals surface area contributed by atoms with Gasteiger partial charge in [0.1, 0.15) is 22.7 Å². The smallest absolute Gasteiger partial charge is 0.306 e. The van der Waals surface area contributed by atoms with E-state index in [0.717, 1.165) is 92.0 Å². The average molecular weight is 838 g/mol. The maximum atomic E-state index is 12.5. The van der Waals surface area contributed by atoms with Crippen molar-refractivity contribution in [2.45, 2.75) is 219 Å². The Kier molecular flexibility index (Phi) is 15.8. The molecule has 0 saturated heterocycles. The highest BCUT2D eigenvalue weighted by molar-refractivity contribution is 5.74. The number of rotatable bonds is 20. The number of ether oxygens (including phenoxy) is 2. The fraction of sp³-hybridized carbons (Fsp3) is 0.792. The fourth-order valence-corrected chi connectivity index (χ4v) is 9.46. The van der Waals surface area contributed by atoms with Crippen LogP contribution in [0.3, 0.4) is 0 Å². The number of carbonyl (C=O) groups excluding carboxylic acids is 3. The van der Waals surface area contributed by atoms with Gasteiger partial charge in [-0.1, -0.05) is 38.0 Å². The molecule has 2 heterocycles. The minimum Gasteiger partial charge on any atom is -0.481 e. The van der Waals surface area contributed by atoms with E-state index in [1.165, 1.54) is 24.0 Å². The predicted octanol–water partition coefficient (Wildman–Crippen LogP) is 10.9. The fourth-order valence-electron chi connectivity index (χ4n) is 9.46. The van der Waals surface area contributed by atoms with E-state index in [4.69, 9.17) is 24.3 Å². The minimum atomic E-state index is -0.864. The van der Waals surface area contributed by atoms with E-state index in [2.05, 4.69) is 38.0 Å². The Labute approximate surface area is 358 Å². The average Bonchev–Trinajstić information content (AvgIpc) is 4.01. The molecule has 0 spiro atoms. The number of primary amides is 1. The summed E-state index contributed by atoms with van der Waals surface area (Å²) in [6, 6.07) is 0. The van der Waals surface area contributed by atoms with Gasteiger partial charge in [-0.05, 0) is 154 Å². The van der Waals surface area contributed by atoms with Crippen molar-refractivity contribution in [3.8, 4) is 0 Å². The number of nitrogens with zero attached hydrogens (tertiary/aromatic N) is 2. The predicted molar refractivity (Wildman–Crippen MR) is 229 cm³/mol. The molecule has 3 N–H and O–H groups in total. The number of carboxylic acids is 1. The Balaban J connectivity index is 0.000000228. The van der Waals surface area contributed by atoms with Crippen molar-refractivity contribution in [2.75, 3.05) is 0 Å². The van der Waals surface area contributed by atoms with Gasteiger partial charge in [0.05, 0.1) is 24.2 Å². The second-order valence-corrected chi connectivity index (χ2v) is 21.5. The van der Waals surface area contributed by atoms with Crippen LogP contribution in [-0.4, -0.2) is 50.4 Å². The standard InChI is InChI=1S/C24H38N2O4.C24H37NO5/c1-14(2)10-15-11-18(12-15)23-21(16-6-7-16)22(26-30-23)17(8-9-19(25)27)13-20(28)29-24(3,4)5;1-14(2)10-15-11-18(12-15)23-21(16-6-7-16)22(25-30-23)17(8-9-19(26)27)13-20(28)29-24(3,4)5/h14-18H,6-13H2,1-5H3,(H2,25,27);14-18H,6-13H2,1-5H3,(H,26,27)/t2*15?,17-,18?/m00/s1. The maximum Gasteiger partial charge on any atom is 0.306 e. The van der Waals surface area contributed by atoms with Gasteiger partial charge in [-0.3, -0.25) is 19.2 Å². The highest BCUT2D eigenvalue weighted by atomic mass is 16.6. The SMILES string of the molecule is CC(C)CC1CC(c2onc([C@@H](CCC(=O)O)CC(=O)OC(C)(C)C)c2C2CC2)C1.CC(C)CC1CC(c2onc([C@@H](CCC(N)=O)CC(=O)OC(C)(C)C)c2C2CC2)C1. The van der Waals surface area contributed by atoms with Crippen molar-refractivity contribution in [1.29, 1.82) is 0 Å². The molecule has 0 aliphatic heterocycles. The zero-order valence-corrected chi connectivity index (χ0v) is 38.3. The van der Waals surface area contributed by atoms with Crippen molar-refractivity contribution in [3.05, 3.63) is 34.0 Å². The molecule has 12 heteroatoms. The molecule has 2 atom stereocenters. The number of aromatic nitrogens is 2. The van der Waals surface area contributed by atoms with Crippen LogP contribution in [0, 0.1) is 23.7 Å². The molecule has 12 nitrogen and oxygen atoms in total. The van der Waals surface area contributed by atoms with Crippen LogP contribution < -0.4 is 5.73 Å². The summed E-state index contributed by atoms with van der Waals surface area (Å²) in [5, 5.41) is 18.1.